The van der Waals surface area contributed by atoms with Crippen molar-refractivity contribution in [1.29, 1.82) is 0 Å². The minimum absolute atomic E-state index is 0.262. The van der Waals surface area contributed by atoms with E-state index in [9.17, 15) is 14.4 Å². The Labute approximate surface area is 195 Å². The van der Waals surface area contributed by atoms with Gasteiger partial charge >= 0.3 is 5.63 Å². The smallest absolute Gasteiger partial charge is 0.336 e. The van der Waals surface area contributed by atoms with Gasteiger partial charge in [0.05, 0.1) is 7.11 Å². The molecule has 34 heavy (non-hydrogen) atoms. The number of rotatable bonds is 6. The van der Waals surface area contributed by atoms with Gasteiger partial charge in [-0.15, -0.1) is 0 Å². The van der Waals surface area contributed by atoms with E-state index in [-0.39, 0.29) is 6.61 Å². The van der Waals surface area contributed by atoms with Crippen LogP contribution in [-0.4, -0.2) is 18.9 Å². The molecular weight excluding hydrogens is 436 g/mol. The van der Waals surface area contributed by atoms with E-state index in [0.29, 0.717) is 28.2 Å². The monoisotopic (exact) mass is 458 g/mol. The van der Waals surface area contributed by atoms with Gasteiger partial charge in [-0.25, -0.2) is 4.79 Å². The summed E-state index contributed by atoms with van der Waals surface area (Å²) in [4.78, 5) is 36.1. The van der Waals surface area contributed by atoms with Gasteiger partial charge in [0.2, 0.25) is 0 Å². The number of hydrogen-bond donors (Lipinski definition) is 2. The van der Waals surface area contributed by atoms with Crippen molar-refractivity contribution in [2.45, 2.75) is 13.5 Å². The molecule has 3 aromatic carbocycles. The summed E-state index contributed by atoms with van der Waals surface area (Å²) in [5, 5.41) is 0.849. The normalized spacial score (nSPS) is 10.5. The third-order valence-electron chi connectivity index (χ3n) is 5.19. The third kappa shape index (κ3) is 5.24. The highest BCUT2D eigenvalue weighted by Gasteiger charge is 2.10. The van der Waals surface area contributed by atoms with Crippen molar-refractivity contribution in [3.8, 4) is 11.5 Å². The van der Waals surface area contributed by atoms with Gasteiger partial charge in [-0.05, 0) is 66.6 Å². The van der Waals surface area contributed by atoms with Crippen LogP contribution in [-0.2, 0) is 6.61 Å². The van der Waals surface area contributed by atoms with Gasteiger partial charge in [0.1, 0.15) is 23.7 Å². The van der Waals surface area contributed by atoms with Crippen LogP contribution in [0.25, 0.3) is 11.0 Å². The molecule has 0 aliphatic carbocycles. The van der Waals surface area contributed by atoms with E-state index in [2.05, 4.69) is 10.9 Å². The Morgan fingerprint density at radius 1 is 0.824 bits per heavy atom. The fourth-order valence-corrected chi connectivity index (χ4v) is 3.31. The zero-order valence-electron chi connectivity index (χ0n) is 18.6. The molecule has 0 aliphatic rings. The summed E-state index contributed by atoms with van der Waals surface area (Å²) in [6.07, 6.45) is 0. The zero-order chi connectivity index (χ0) is 24.1. The molecule has 4 aromatic rings. The molecule has 1 heterocycles. The lowest BCUT2D eigenvalue weighted by atomic mass is 10.1. The summed E-state index contributed by atoms with van der Waals surface area (Å²) >= 11 is 0. The minimum Gasteiger partial charge on any atom is -0.497 e. The number of carbonyl (C=O) groups excluding carboxylic acids is 2. The second-order valence-corrected chi connectivity index (χ2v) is 7.53. The highest BCUT2D eigenvalue weighted by atomic mass is 16.5. The van der Waals surface area contributed by atoms with Crippen LogP contribution in [0.15, 0.2) is 82.0 Å². The predicted octanol–water partition coefficient (Wildman–Crippen LogP) is 3.76. The van der Waals surface area contributed by atoms with Gasteiger partial charge in [0.15, 0.2) is 0 Å². The first kappa shape index (κ1) is 22.6. The maximum atomic E-state index is 12.3. The number of benzene rings is 3. The molecule has 0 radical (unpaired) electrons. The first-order valence-corrected chi connectivity index (χ1v) is 10.4. The van der Waals surface area contributed by atoms with Crippen LogP contribution in [0.4, 0.5) is 0 Å². The molecule has 0 bridgehead atoms. The summed E-state index contributed by atoms with van der Waals surface area (Å²) in [7, 11) is 1.54. The van der Waals surface area contributed by atoms with E-state index in [4.69, 9.17) is 13.9 Å². The molecule has 0 unspecified atom stereocenters. The number of nitrogens with one attached hydrogen (secondary N) is 2. The number of aryl methyl sites for hydroxylation is 1. The van der Waals surface area contributed by atoms with Crippen molar-refractivity contribution in [2.24, 2.45) is 0 Å². The lowest BCUT2D eigenvalue weighted by Gasteiger charge is -2.10. The number of methoxy groups -OCH3 is 1. The van der Waals surface area contributed by atoms with E-state index in [1.807, 2.05) is 19.1 Å². The van der Waals surface area contributed by atoms with Crippen LogP contribution >= 0.6 is 0 Å². The molecule has 0 spiro atoms. The summed E-state index contributed by atoms with van der Waals surface area (Å²) in [5.74, 6) is 0.299. The fraction of sp³-hybridized carbons (Fsp3) is 0.115. The SMILES string of the molecule is COc1ccc(C(=O)NNC(=O)c2ccc(COc3ccc4c(C)cc(=O)oc4c3)cc2)cc1. The summed E-state index contributed by atoms with van der Waals surface area (Å²) < 4.78 is 16.1. The Kier molecular flexibility index (Phi) is 6.59. The Morgan fingerprint density at radius 3 is 2.03 bits per heavy atom. The molecule has 0 fully saturated rings. The standard InChI is InChI=1S/C26H22N2O6/c1-16-13-24(29)34-23-14-21(11-12-22(16)23)33-15-17-3-5-18(6-4-17)25(30)27-28-26(31)19-7-9-20(32-2)10-8-19/h3-14H,15H2,1-2H3,(H,27,30)(H,28,31). The number of hydrazine groups is 1. The van der Waals surface area contributed by atoms with Gasteiger partial charge in [0, 0.05) is 28.6 Å². The van der Waals surface area contributed by atoms with Crippen LogP contribution in [0.5, 0.6) is 11.5 Å². The van der Waals surface area contributed by atoms with E-state index < -0.39 is 17.4 Å². The topological polar surface area (TPSA) is 107 Å². The van der Waals surface area contributed by atoms with E-state index in [1.54, 1.807) is 54.6 Å². The second kappa shape index (κ2) is 9.91. The highest BCUT2D eigenvalue weighted by Crippen LogP contribution is 2.23. The Hall–Kier alpha value is -4.59. The Morgan fingerprint density at radius 2 is 1.41 bits per heavy atom. The van der Waals surface area contributed by atoms with Crippen molar-refractivity contribution in [1.82, 2.24) is 10.9 Å². The summed E-state index contributed by atoms with van der Waals surface area (Å²) in [6, 6.07) is 20.1. The molecule has 0 saturated heterocycles. The van der Waals surface area contributed by atoms with E-state index >= 15 is 0 Å². The van der Waals surface area contributed by atoms with Crippen LogP contribution in [0.2, 0.25) is 0 Å². The van der Waals surface area contributed by atoms with Crippen molar-refractivity contribution in [3.63, 3.8) is 0 Å². The first-order valence-electron chi connectivity index (χ1n) is 10.4. The van der Waals surface area contributed by atoms with Crippen molar-refractivity contribution < 1.29 is 23.5 Å². The highest BCUT2D eigenvalue weighted by molar-refractivity contribution is 5.99. The van der Waals surface area contributed by atoms with Gasteiger partial charge in [-0.2, -0.15) is 0 Å². The molecule has 0 aliphatic heterocycles. The maximum absolute atomic E-state index is 12.3. The first-order chi connectivity index (χ1) is 16.4. The van der Waals surface area contributed by atoms with Crippen molar-refractivity contribution in [2.75, 3.05) is 7.11 Å². The van der Waals surface area contributed by atoms with Gasteiger partial charge in [0.25, 0.3) is 11.8 Å². The van der Waals surface area contributed by atoms with Crippen LogP contribution in [0.3, 0.4) is 0 Å². The molecule has 0 atom stereocenters. The molecule has 8 heteroatoms. The molecule has 2 amide bonds. The Balaban J connectivity index is 1.32. The fourth-order valence-electron chi connectivity index (χ4n) is 3.31. The number of ether oxygens (including phenoxy) is 2. The maximum Gasteiger partial charge on any atom is 0.336 e. The minimum atomic E-state index is -0.450. The second-order valence-electron chi connectivity index (χ2n) is 7.53. The van der Waals surface area contributed by atoms with Gasteiger partial charge < -0.3 is 13.9 Å². The number of amides is 2. The van der Waals surface area contributed by atoms with Crippen LogP contribution in [0.1, 0.15) is 31.8 Å². The average molecular weight is 458 g/mol. The molecule has 1 aromatic heterocycles. The lowest BCUT2D eigenvalue weighted by Crippen LogP contribution is -2.41. The summed E-state index contributed by atoms with van der Waals surface area (Å²) in [6.45, 7) is 2.11. The zero-order valence-corrected chi connectivity index (χ0v) is 18.6. The number of hydrogen-bond acceptors (Lipinski definition) is 6. The van der Waals surface area contributed by atoms with Crippen LogP contribution in [0, 0.1) is 6.92 Å². The Bertz CT molecular complexity index is 1390. The average Bonchev–Trinajstić information content (AvgIpc) is 2.85. The molecule has 8 nitrogen and oxygen atoms in total. The van der Waals surface area contributed by atoms with Crippen molar-refractivity contribution >= 4 is 22.8 Å². The predicted molar refractivity (Wildman–Crippen MR) is 126 cm³/mol. The van der Waals surface area contributed by atoms with Crippen LogP contribution < -0.4 is 26.0 Å². The largest absolute Gasteiger partial charge is 0.497 e. The lowest BCUT2D eigenvalue weighted by molar-refractivity contribution is 0.0846. The van der Waals surface area contributed by atoms with E-state index in [0.717, 1.165) is 16.5 Å². The molecule has 4 rings (SSSR count). The molecular formula is C26H22N2O6. The van der Waals surface area contributed by atoms with Gasteiger partial charge in [-0.3, -0.25) is 20.4 Å². The van der Waals surface area contributed by atoms with Crippen molar-refractivity contribution in [3.05, 3.63) is 105 Å². The quantitative estimate of drug-likeness (QED) is 0.337. The number of carbonyl (C=O) groups is 2. The summed E-state index contributed by atoms with van der Waals surface area (Å²) in [5.41, 5.74) is 7.27. The number of fused-ring (bicyclic) bond motifs is 1. The van der Waals surface area contributed by atoms with Gasteiger partial charge in [-0.1, -0.05) is 12.1 Å². The third-order valence-corrected chi connectivity index (χ3v) is 5.19. The molecule has 172 valence electrons. The molecule has 0 saturated carbocycles. The van der Waals surface area contributed by atoms with E-state index in [1.165, 1.54) is 13.2 Å². The molecule has 2 N–H and O–H groups in total.